The van der Waals surface area contributed by atoms with Gasteiger partial charge in [0.1, 0.15) is 5.82 Å². The lowest BCUT2D eigenvalue weighted by Crippen LogP contribution is -2.29. The van der Waals surface area contributed by atoms with Gasteiger partial charge >= 0.3 is 5.69 Å². The van der Waals surface area contributed by atoms with Crippen LogP contribution in [0.15, 0.2) is 12.1 Å². The summed E-state index contributed by atoms with van der Waals surface area (Å²) in [6.45, 7) is 0.666. The molecule has 110 valence electrons. The van der Waals surface area contributed by atoms with Gasteiger partial charge in [-0.2, -0.15) is 4.39 Å². The largest absolute Gasteiger partial charge is 0.385 e. The van der Waals surface area contributed by atoms with Gasteiger partial charge in [0.05, 0.1) is 16.6 Å². The van der Waals surface area contributed by atoms with Crippen molar-refractivity contribution in [1.29, 1.82) is 0 Å². The van der Waals surface area contributed by atoms with Crippen molar-refractivity contribution in [2.45, 2.75) is 6.42 Å². The van der Waals surface area contributed by atoms with Crippen LogP contribution in [0.2, 0.25) is 0 Å². The molecule has 0 aliphatic rings. The number of carbonyl (C=O) groups is 1. The Balaban J connectivity index is 3.01. The average molecular weight is 288 g/mol. The number of nitrogens with zero attached hydrogens (tertiary/aromatic N) is 2. The Kier molecular flexibility index (Phi) is 5.51. The van der Waals surface area contributed by atoms with E-state index in [1.807, 2.05) is 0 Å². The van der Waals surface area contributed by atoms with Gasteiger partial charge in [-0.3, -0.25) is 14.9 Å². The molecule has 0 spiro atoms. The third kappa shape index (κ3) is 3.70. The van der Waals surface area contributed by atoms with Crippen molar-refractivity contribution in [3.05, 3.63) is 39.4 Å². The predicted octanol–water partition coefficient (Wildman–Crippen LogP) is 1.98. The van der Waals surface area contributed by atoms with Gasteiger partial charge in [0.2, 0.25) is 5.82 Å². The van der Waals surface area contributed by atoms with E-state index in [1.165, 1.54) is 14.2 Å². The Morgan fingerprint density at radius 1 is 1.45 bits per heavy atom. The highest BCUT2D eigenvalue weighted by Crippen LogP contribution is 2.23. The number of benzene rings is 1. The van der Waals surface area contributed by atoms with Crippen LogP contribution in [-0.4, -0.2) is 43.0 Å². The topological polar surface area (TPSA) is 72.7 Å². The molecule has 8 heteroatoms. The van der Waals surface area contributed by atoms with Crippen LogP contribution in [0.25, 0.3) is 0 Å². The molecule has 0 saturated carbocycles. The zero-order valence-corrected chi connectivity index (χ0v) is 11.1. The summed E-state index contributed by atoms with van der Waals surface area (Å²) < 4.78 is 31.9. The molecule has 1 aromatic rings. The quantitative estimate of drug-likeness (QED) is 0.456. The maximum absolute atomic E-state index is 13.8. The van der Waals surface area contributed by atoms with Crippen molar-refractivity contribution < 1.29 is 23.2 Å². The Morgan fingerprint density at radius 3 is 2.65 bits per heavy atom. The molecule has 1 aromatic carbocycles. The first kappa shape index (κ1) is 16.0. The van der Waals surface area contributed by atoms with Gasteiger partial charge in [-0.15, -0.1) is 0 Å². The Morgan fingerprint density at radius 2 is 2.10 bits per heavy atom. The monoisotopic (exact) mass is 288 g/mol. The standard InChI is InChI=1S/C12H14F2N2O4/c1-15(4-3-5-20-2)12(17)9-6-8(13)7-10(11(9)14)16(18)19/h6-7H,3-5H2,1-2H3. The second-order valence-electron chi connectivity index (χ2n) is 4.12. The lowest BCUT2D eigenvalue weighted by Gasteiger charge is -2.17. The van der Waals surface area contributed by atoms with E-state index in [-0.39, 0.29) is 6.54 Å². The van der Waals surface area contributed by atoms with Crippen LogP contribution in [0.5, 0.6) is 0 Å². The highest BCUT2D eigenvalue weighted by atomic mass is 19.1. The third-order valence-corrected chi connectivity index (χ3v) is 2.63. The number of ether oxygens (including phenoxy) is 1. The normalized spacial score (nSPS) is 10.4. The number of nitro benzene ring substituents is 1. The lowest BCUT2D eigenvalue weighted by molar-refractivity contribution is -0.387. The van der Waals surface area contributed by atoms with Gasteiger partial charge in [0, 0.05) is 27.3 Å². The molecule has 0 heterocycles. The molecule has 0 aromatic heterocycles. The van der Waals surface area contributed by atoms with Gasteiger partial charge in [-0.1, -0.05) is 0 Å². The number of nitro groups is 1. The first-order valence-corrected chi connectivity index (χ1v) is 5.76. The molecule has 1 amide bonds. The fourth-order valence-electron chi connectivity index (χ4n) is 1.62. The minimum absolute atomic E-state index is 0.260. The van der Waals surface area contributed by atoms with Crippen LogP contribution in [0.3, 0.4) is 0 Å². The van der Waals surface area contributed by atoms with Crippen LogP contribution >= 0.6 is 0 Å². The first-order chi connectivity index (χ1) is 9.38. The van der Waals surface area contributed by atoms with E-state index in [0.29, 0.717) is 25.2 Å². The van der Waals surface area contributed by atoms with Crippen molar-refractivity contribution >= 4 is 11.6 Å². The molecule has 0 unspecified atom stereocenters. The molecular weight excluding hydrogens is 274 g/mol. The van der Waals surface area contributed by atoms with E-state index >= 15 is 0 Å². The maximum atomic E-state index is 13.8. The summed E-state index contributed by atoms with van der Waals surface area (Å²) in [5, 5.41) is 10.6. The fourth-order valence-corrected chi connectivity index (χ4v) is 1.62. The van der Waals surface area contributed by atoms with Crippen molar-refractivity contribution in [1.82, 2.24) is 4.90 Å². The maximum Gasteiger partial charge on any atom is 0.308 e. The summed E-state index contributed by atoms with van der Waals surface area (Å²) in [5.74, 6) is -3.19. The summed E-state index contributed by atoms with van der Waals surface area (Å²) in [5.41, 5.74) is -1.71. The molecule has 0 saturated heterocycles. The minimum atomic E-state index is -1.33. The second kappa shape index (κ2) is 6.90. The molecular formula is C12H14F2N2O4. The first-order valence-electron chi connectivity index (χ1n) is 5.76. The van der Waals surface area contributed by atoms with Gasteiger partial charge in [0.25, 0.3) is 5.91 Å². The third-order valence-electron chi connectivity index (χ3n) is 2.63. The number of methoxy groups -OCH3 is 1. The van der Waals surface area contributed by atoms with E-state index in [0.717, 1.165) is 4.90 Å². The zero-order valence-electron chi connectivity index (χ0n) is 11.1. The van der Waals surface area contributed by atoms with Crippen molar-refractivity contribution in [3.63, 3.8) is 0 Å². The molecule has 0 atom stereocenters. The summed E-state index contributed by atoms with van der Waals surface area (Å²) >= 11 is 0. The number of hydrogen-bond acceptors (Lipinski definition) is 4. The Hall–Kier alpha value is -2.09. The van der Waals surface area contributed by atoms with E-state index in [1.54, 1.807) is 0 Å². The average Bonchev–Trinajstić information content (AvgIpc) is 2.40. The molecule has 0 bridgehead atoms. The summed E-state index contributed by atoms with van der Waals surface area (Å²) in [4.78, 5) is 22.6. The second-order valence-corrected chi connectivity index (χ2v) is 4.12. The highest BCUT2D eigenvalue weighted by Gasteiger charge is 2.25. The van der Waals surface area contributed by atoms with E-state index in [9.17, 15) is 23.7 Å². The number of amides is 1. The zero-order chi connectivity index (χ0) is 15.3. The van der Waals surface area contributed by atoms with E-state index in [4.69, 9.17) is 4.74 Å². The van der Waals surface area contributed by atoms with Crippen LogP contribution in [-0.2, 0) is 4.74 Å². The van der Waals surface area contributed by atoms with Crippen LogP contribution in [0.1, 0.15) is 16.8 Å². The smallest absolute Gasteiger partial charge is 0.308 e. The molecule has 0 aliphatic carbocycles. The fraction of sp³-hybridized carbons (Fsp3) is 0.417. The highest BCUT2D eigenvalue weighted by molar-refractivity contribution is 5.95. The number of carbonyl (C=O) groups excluding carboxylic acids is 1. The number of rotatable bonds is 6. The number of halogens is 2. The Labute approximate surface area is 114 Å². The predicted molar refractivity (Wildman–Crippen MR) is 66.5 cm³/mol. The van der Waals surface area contributed by atoms with Gasteiger partial charge in [0.15, 0.2) is 0 Å². The molecule has 0 aliphatic heterocycles. The molecule has 1 rings (SSSR count). The van der Waals surface area contributed by atoms with Crippen LogP contribution in [0, 0.1) is 21.7 Å². The molecule has 0 N–H and O–H groups in total. The van der Waals surface area contributed by atoms with Gasteiger partial charge < -0.3 is 9.64 Å². The molecule has 6 nitrogen and oxygen atoms in total. The summed E-state index contributed by atoms with van der Waals surface area (Å²) in [6.07, 6.45) is 0.512. The van der Waals surface area contributed by atoms with E-state index in [2.05, 4.69) is 0 Å². The van der Waals surface area contributed by atoms with Crippen LogP contribution < -0.4 is 0 Å². The molecule has 0 radical (unpaired) electrons. The Bertz CT molecular complexity index is 522. The van der Waals surface area contributed by atoms with Crippen molar-refractivity contribution in [3.8, 4) is 0 Å². The summed E-state index contributed by atoms with van der Waals surface area (Å²) in [7, 11) is 2.89. The van der Waals surface area contributed by atoms with Crippen molar-refractivity contribution in [2.24, 2.45) is 0 Å². The van der Waals surface area contributed by atoms with Crippen molar-refractivity contribution in [2.75, 3.05) is 27.3 Å². The van der Waals surface area contributed by atoms with Gasteiger partial charge in [-0.25, -0.2) is 4.39 Å². The SMILES string of the molecule is COCCCN(C)C(=O)c1cc(F)cc([N+](=O)[O-])c1F. The molecule has 20 heavy (non-hydrogen) atoms. The lowest BCUT2D eigenvalue weighted by atomic mass is 10.1. The van der Waals surface area contributed by atoms with E-state index < -0.39 is 33.7 Å². The number of hydrogen-bond donors (Lipinski definition) is 0. The summed E-state index contributed by atoms with van der Waals surface area (Å²) in [6, 6.07) is 1.09. The van der Waals surface area contributed by atoms with Crippen LogP contribution in [0.4, 0.5) is 14.5 Å². The minimum Gasteiger partial charge on any atom is -0.385 e. The van der Waals surface area contributed by atoms with Gasteiger partial charge in [-0.05, 0) is 12.5 Å². The molecule has 0 fully saturated rings.